The zero-order valence-electron chi connectivity index (χ0n) is 16.6. The third-order valence-corrected chi connectivity index (χ3v) is 5.54. The Balaban J connectivity index is 1.62. The van der Waals surface area contributed by atoms with E-state index in [0.717, 1.165) is 0 Å². The number of rotatable bonds is 10. The average Bonchev–Trinajstić information content (AvgIpc) is 2.75. The number of carbonyl (C=O) groups excluding carboxylic acids is 1. The molecule has 1 amide bonds. The fourth-order valence-electron chi connectivity index (χ4n) is 2.71. The molecule has 2 aromatic rings. The first kappa shape index (κ1) is 21.9. The zero-order valence-corrected chi connectivity index (χ0v) is 17.4. The number of anilines is 1. The number of amides is 1. The molecule has 1 heterocycles. The molecule has 2 N–H and O–H groups in total. The van der Waals surface area contributed by atoms with E-state index in [4.69, 9.17) is 18.9 Å². The lowest BCUT2D eigenvalue weighted by Crippen LogP contribution is -2.27. The standard InChI is InChI=1S/C20H24N2O7S/c1-26-9-10-27-8-7-21-20(23)15-3-2-4-16(13-15)22-30(24,25)17-5-6-18-19(14-17)29-12-11-28-18/h2-6,13-14,22H,7-12H2,1H3,(H,21,23). The van der Waals surface area contributed by atoms with Crippen LogP contribution in [0.5, 0.6) is 11.5 Å². The Morgan fingerprint density at radius 1 is 1.03 bits per heavy atom. The highest BCUT2D eigenvalue weighted by molar-refractivity contribution is 7.92. The van der Waals surface area contributed by atoms with Crippen molar-refractivity contribution in [2.24, 2.45) is 0 Å². The van der Waals surface area contributed by atoms with E-state index in [-0.39, 0.29) is 16.5 Å². The molecule has 0 aliphatic carbocycles. The van der Waals surface area contributed by atoms with Gasteiger partial charge in [-0.05, 0) is 30.3 Å². The number of nitrogens with one attached hydrogen (secondary N) is 2. The first-order valence-corrected chi connectivity index (χ1v) is 10.9. The van der Waals surface area contributed by atoms with Gasteiger partial charge < -0.3 is 24.3 Å². The van der Waals surface area contributed by atoms with Crippen LogP contribution in [-0.2, 0) is 19.5 Å². The summed E-state index contributed by atoms with van der Waals surface area (Å²) in [7, 11) is -2.28. The summed E-state index contributed by atoms with van der Waals surface area (Å²) in [5.41, 5.74) is 0.600. The molecule has 0 spiro atoms. The van der Waals surface area contributed by atoms with E-state index in [0.29, 0.717) is 56.6 Å². The molecule has 9 nitrogen and oxygen atoms in total. The van der Waals surface area contributed by atoms with E-state index in [2.05, 4.69) is 10.0 Å². The molecule has 162 valence electrons. The Morgan fingerprint density at radius 3 is 2.63 bits per heavy atom. The smallest absolute Gasteiger partial charge is 0.262 e. The molecule has 3 rings (SSSR count). The fraction of sp³-hybridized carbons (Fsp3) is 0.350. The van der Waals surface area contributed by atoms with Crippen LogP contribution < -0.4 is 19.5 Å². The first-order chi connectivity index (χ1) is 14.5. The summed E-state index contributed by atoms with van der Waals surface area (Å²) in [4.78, 5) is 12.3. The quantitative estimate of drug-likeness (QED) is 0.545. The van der Waals surface area contributed by atoms with Crippen molar-refractivity contribution in [2.45, 2.75) is 4.90 Å². The molecule has 0 bridgehead atoms. The van der Waals surface area contributed by atoms with E-state index in [1.807, 2.05) is 0 Å². The molecule has 1 aliphatic rings. The van der Waals surface area contributed by atoms with Gasteiger partial charge in [-0.1, -0.05) is 6.07 Å². The largest absolute Gasteiger partial charge is 0.486 e. The van der Waals surface area contributed by atoms with Gasteiger partial charge in [0.15, 0.2) is 11.5 Å². The van der Waals surface area contributed by atoms with Crippen LogP contribution >= 0.6 is 0 Å². The van der Waals surface area contributed by atoms with Crippen molar-refractivity contribution in [3.05, 3.63) is 48.0 Å². The highest BCUT2D eigenvalue weighted by Crippen LogP contribution is 2.32. The number of carbonyl (C=O) groups is 1. The van der Waals surface area contributed by atoms with Gasteiger partial charge in [-0.2, -0.15) is 0 Å². The second-order valence-electron chi connectivity index (χ2n) is 6.35. The maximum absolute atomic E-state index is 12.7. The summed E-state index contributed by atoms with van der Waals surface area (Å²) in [6.45, 7) is 2.40. The maximum Gasteiger partial charge on any atom is 0.262 e. The Kier molecular flexibility index (Phi) is 7.50. The maximum atomic E-state index is 12.7. The van der Waals surface area contributed by atoms with E-state index in [1.165, 1.54) is 18.2 Å². The summed E-state index contributed by atoms with van der Waals surface area (Å²) >= 11 is 0. The second kappa shape index (κ2) is 10.3. The average molecular weight is 436 g/mol. The van der Waals surface area contributed by atoms with Crippen molar-refractivity contribution in [3.8, 4) is 11.5 Å². The van der Waals surface area contributed by atoms with E-state index < -0.39 is 10.0 Å². The van der Waals surface area contributed by atoms with Gasteiger partial charge in [-0.3, -0.25) is 9.52 Å². The third kappa shape index (κ3) is 5.85. The monoisotopic (exact) mass is 436 g/mol. The number of hydrogen-bond donors (Lipinski definition) is 2. The molecule has 0 aromatic heterocycles. The van der Waals surface area contributed by atoms with Crippen molar-refractivity contribution in [2.75, 3.05) is 51.4 Å². The molecule has 2 aromatic carbocycles. The Morgan fingerprint density at radius 2 is 1.83 bits per heavy atom. The van der Waals surface area contributed by atoms with Crippen LogP contribution in [0.25, 0.3) is 0 Å². The molecular weight excluding hydrogens is 412 g/mol. The Bertz CT molecular complexity index is 979. The highest BCUT2D eigenvalue weighted by Gasteiger charge is 2.20. The van der Waals surface area contributed by atoms with Crippen molar-refractivity contribution >= 4 is 21.6 Å². The van der Waals surface area contributed by atoms with Gasteiger partial charge in [-0.25, -0.2) is 8.42 Å². The SMILES string of the molecule is COCCOCCNC(=O)c1cccc(NS(=O)(=O)c2ccc3c(c2)OCCO3)c1. The number of benzene rings is 2. The van der Waals surface area contributed by atoms with Crippen LogP contribution in [0.4, 0.5) is 5.69 Å². The first-order valence-electron chi connectivity index (χ1n) is 9.37. The lowest BCUT2D eigenvalue weighted by atomic mass is 10.2. The molecule has 30 heavy (non-hydrogen) atoms. The van der Waals surface area contributed by atoms with Gasteiger partial charge in [0, 0.05) is 31.0 Å². The van der Waals surface area contributed by atoms with Crippen LogP contribution in [0.2, 0.25) is 0 Å². The lowest BCUT2D eigenvalue weighted by molar-refractivity contribution is 0.0692. The number of ether oxygens (including phenoxy) is 4. The van der Waals surface area contributed by atoms with E-state index in [9.17, 15) is 13.2 Å². The van der Waals surface area contributed by atoms with Gasteiger partial charge >= 0.3 is 0 Å². The summed E-state index contributed by atoms with van der Waals surface area (Å²) in [6.07, 6.45) is 0. The van der Waals surface area contributed by atoms with Crippen LogP contribution in [0.15, 0.2) is 47.4 Å². The molecule has 0 unspecified atom stereocenters. The minimum atomic E-state index is -3.87. The van der Waals surface area contributed by atoms with Crippen molar-refractivity contribution < 1.29 is 32.2 Å². The molecule has 10 heteroatoms. The Labute approximate surface area is 175 Å². The second-order valence-corrected chi connectivity index (χ2v) is 8.04. The molecule has 0 atom stereocenters. The van der Waals surface area contributed by atoms with E-state index >= 15 is 0 Å². The molecule has 0 saturated heterocycles. The van der Waals surface area contributed by atoms with Crippen molar-refractivity contribution in [1.82, 2.24) is 5.32 Å². The third-order valence-electron chi connectivity index (χ3n) is 4.16. The molecular formula is C20H24N2O7S. The number of sulfonamides is 1. The number of hydrogen-bond acceptors (Lipinski definition) is 7. The number of fused-ring (bicyclic) bond motifs is 1. The minimum Gasteiger partial charge on any atom is -0.486 e. The minimum absolute atomic E-state index is 0.0369. The van der Waals surface area contributed by atoms with E-state index in [1.54, 1.807) is 31.4 Å². The van der Waals surface area contributed by atoms with Crippen LogP contribution in [-0.4, -0.2) is 61.0 Å². The van der Waals surface area contributed by atoms with Gasteiger partial charge in [0.2, 0.25) is 0 Å². The predicted molar refractivity (Wildman–Crippen MR) is 110 cm³/mol. The summed E-state index contributed by atoms with van der Waals surface area (Å²) in [6, 6.07) is 10.7. The number of methoxy groups -OCH3 is 1. The normalized spacial score (nSPS) is 13.0. The van der Waals surface area contributed by atoms with Gasteiger partial charge in [0.25, 0.3) is 15.9 Å². The van der Waals surface area contributed by atoms with Crippen LogP contribution in [0, 0.1) is 0 Å². The molecule has 0 radical (unpaired) electrons. The van der Waals surface area contributed by atoms with Gasteiger partial charge in [0.1, 0.15) is 13.2 Å². The van der Waals surface area contributed by atoms with Crippen LogP contribution in [0.3, 0.4) is 0 Å². The van der Waals surface area contributed by atoms with Gasteiger partial charge in [0.05, 0.1) is 24.7 Å². The summed E-state index contributed by atoms with van der Waals surface area (Å²) < 4.78 is 49.0. The lowest BCUT2D eigenvalue weighted by Gasteiger charge is -2.19. The molecule has 1 aliphatic heterocycles. The summed E-state index contributed by atoms with van der Waals surface area (Å²) in [5, 5.41) is 2.72. The molecule has 0 fully saturated rings. The van der Waals surface area contributed by atoms with Crippen LogP contribution in [0.1, 0.15) is 10.4 Å². The predicted octanol–water partition coefficient (Wildman–Crippen LogP) is 1.65. The summed E-state index contributed by atoms with van der Waals surface area (Å²) in [5.74, 6) is 0.556. The fourth-order valence-corrected chi connectivity index (χ4v) is 3.78. The molecule has 0 saturated carbocycles. The van der Waals surface area contributed by atoms with Crippen molar-refractivity contribution in [3.63, 3.8) is 0 Å². The van der Waals surface area contributed by atoms with Gasteiger partial charge in [-0.15, -0.1) is 0 Å². The highest BCUT2D eigenvalue weighted by atomic mass is 32.2. The van der Waals surface area contributed by atoms with Crippen molar-refractivity contribution in [1.29, 1.82) is 0 Å². The zero-order chi connectivity index (χ0) is 21.4. The topological polar surface area (TPSA) is 112 Å². The Hall–Kier alpha value is -2.82.